The van der Waals surface area contributed by atoms with Crippen molar-refractivity contribution in [3.8, 4) is 11.5 Å². The molecule has 0 aliphatic carbocycles. The van der Waals surface area contributed by atoms with Crippen LogP contribution in [0.2, 0.25) is 5.02 Å². The molecule has 0 bridgehead atoms. The highest BCUT2D eigenvalue weighted by atomic mass is 35.5. The van der Waals surface area contributed by atoms with Crippen molar-refractivity contribution in [1.82, 2.24) is 9.88 Å². The summed E-state index contributed by atoms with van der Waals surface area (Å²) in [5.41, 5.74) is 2.19. The minimum Gasteiger partial charge on any atom is -0.490 e. The van der Waals surface area contributed by atoms with E-state index >= 15 is 0 Å². The van der Waals surface area contributed by atoms with Gasteiger partial charge in [0, 0.05) is 24.6 Å². The van der Waals surface area contributed by atoms with Crippen molar-refractivity contribution < 1.29 is 18.7 Å². The summed E-state index contributed by atoms with van der Waals surface area (Å²) in [7, 11) is 0. The molecule has 2 heterocycles. The largest absolute Gasteiger partial charge is 0.490 e. The summed E-state index contributed by atoms with van der Waals surface area (Å²) in [6, 6.07) is 11.2. The molecule has 0 saturated carbocycles. The number of rotatable bonds is 7. The van der Waals surface area contributed by atoms with E-state index in [1.807, 2.05) is 43.0 Å². The van der Waals surface area contributed by atoms with Crippen LogP contribution in [-0.2, 0) is 0 Å². The van der Waals surface area contributed by atoms with Crippen molar-refractivity contribution >= 4 is 28.6 Å². The fourth-order valence-electron chi connectivity index (χ4n) is 3.88. The van der Waals surface area contributed by atoms with Gasteiger partial charge in [0.1, 0.15) is 5.52 Å². The Labute approximate surface area is 187 Å². The van der Waals surface area contributed by atoms with Crippen LogP contribution in [0.1, 0.15) is 55.3 Å². The number of carbonyl (C=O) groups excluding carboxylic acids is 1. The first-order valence-electron chi connectivity index (χ1n) is 10.8. The van der Waals surface area contributed by atoms with Crippen LogP contribution in [0.3, 0.4) is 0 Å². The molecule has 4 rings (SSSR count). The van der Waals surface area contributed by atoms with E-state index in [0.29, 0.717) is 48.4 Å². The molecule has 7 heteroatoms. The number of aromatic nitrogens is 1. The number of ether oxygens (including phenoxy) is 2. The van der Waals surface area contributed by atoms with Gasteiger partial charge in [-0.1, -0.05) is 30.7 Å². The van der Waals surface area contributed by atoms with Crippen LogP contribution in [-0.4, -0.2) is 42.1 Å². The number of oxazole rings is 1. The normalized spacial score (nSPS) is 14.7. The van der Waals surface area contributed by atoms with Gasteiger partial charge in [0.15, 0.2) is 23.0 Å². The second-order valence-electron chi connectivity index (χ2n) is 7.65. The molecule has 0 N–H and O–H groups in total. The molecule has 1 saturated heterocycles. The third-order valence-corrected chi connectivity index (χ3v) is 5.73. The quantitative estimate of drug-likeness (QED) is 0.470. The van der Waals surface area contributed by atoms with Crippen LogP contribution >= 0.6 is 11.6 Å². The third-order valence-electron chi connectivity index (χ3n) is 5.45. The average Bonchev–Trinajstić information content (AvgIpc) is 3.22. The summed E-state index contributed by atoms with van der Waals surface area (Å²) in [4.78, 5) is 19.6. The van der Waals surface area contributed by atoms with Crippen molar-refractivity contribution in [2.24, 2.45) is 0 Å². The molecule has 3 aromatic rings. The first-order chi connectivity index (χ1) is 15.1. The fraction of sp³-hybridized carbons (Fsp3) is 0.417. The molecule has 1 fully saturated rings. The van der Waals surface area contributed by atoms with E-state index in [-0.39, 0.29) is 11.8 Å². The number of halogens is 1. The summed E-state index contributed by atoms with van der Waals surface area (Å²) >= 11 is 6.43. The van der Waals surface area contributed by atoms with Gasteiger partial charge in [0.2, 0.25) is 0 Å². The second-order valence-corrected chi connectivity index (χ2v) is 8.06. The van der Waals surface area contributed by atoms with Gasteiger partial charge in [0.05, 0.1) is 18.2 Å². The van der Waals surface area contributed by atoms with Crippen LogP contribution in [0.4, 0.5) is 0 Å². The Morgan fingerprint density at radius 3 is 2.68 bits per heavy atom. The minimum atomic E-state index is -0.0547. The molecule has 31 heavy (non-hydrogen) atoms. The number of fused-ring (bicyclic) bond motifs is 1. The third kappa shape index (κ3) is 4.64. The van der Waals surface area contributed by atoms with Gasteiger partial charge < -0.3 is 18.8 Å². The molecule has 164 valence electrons. The Balaban J connectivity index is 1.46. The summed E-state index contributed by atoms with van der Waals surface area (Å²) in [5.74, 6) is 1.92. The zero-order valence-electron chi connectivity index (χ0n) is 17.9. The maximum atomic E-state index is 13.1. The van der Waals surface area contributed by atoms with Gasteiger partial charge in [-0.25, -0.2) is 4.98 Å². The topological polar surface area (TPSA) is 64.8 Å². The predicted molar refractivity (Wildman–Crippen MR) is 120 cm³/mol. The van der Waals surface area contributed by atoms with E-state index < -0.39 is 0 Å². The van der Waals surface area contributed by atoms with E-state index in [0.717, 1.165) is 36.3 Å². The molecule has 1 aliphatic rings. The smallest absolute Gasteiger partial charge is 0.254 e. The molecule has 0 spiro atoms. The molecule has 2 aromatic carbocycles. The Morgan fingerprint density at radius 2 is 1.97 bits per heavy atom. The van der Waals surface area contributed by atoms with Gasteiger partial charge in [-0.05, 0) is 50.5 Å². The number of hydrogen-bond donors (Lipinski definition) is 0. The van der Waals surface area contributed by atoms with Gasteiger partial charge >= 0.3 is 0 Å². The van der Waals surface area contributed by atoms with Gasteiger partial charge in [-0.3, -0.25) is 4.79 Å². The van der Waals surface area contributed by atoms with Crippen molar-refractivity contribution in [1.29, 1.82) is 0 Å². The fourth-order valence-corrected chi connectivity index (χ4v) is 4.14. The standard InChI is InChI=1S/C24H27ClN2O4/c1-3-13-30-22-18(25)14-17(15-21(22)29-4-2)24(28)27-11-9-16(10-12-27)23-26-19-7-5-6-8-20(19)31-23/h5-8,14-16H,3-4,9-13H2,1-2H3. The zero-order valence-corrected chi connectivity index (χ0v) is 18.7. The predicted octanol–water partition coefficient (Wildman–Crippen LogP) is 5.69. The Bertz CT molecular complexity index is 1020. The van der Waals surface area contributed by atoms with E-state index in [1.54, 1.807) is 12.1 Å². The lowest BCUT2D eigenvalue weighted by Crippen LogP contribution is -2.38. The molecule has 0 unspecified atom stereocenters. The number of para-hydroxylation sites is 2. The molecule has 0 atom stereocenters. The first-order valence-corrected chi connectivity index (χ1v) is 11.2. The molecular weight excluding hydrogens is 416 g/mol. The first kappa shape index (κ1) is 21.5. The Kier molecular flexibility index (Phi) is 6.66. The molecule has 1 amide bonds. The average molecular weight is 443 g/mol. The number of likely N-dealkylation sites (tertiary alicyclic amines) is 1. The maximum Gasteiger partial charge on any atom is 0.254 e. The molecule has 1 aromatic heterocycles. The van der Waals surface area contributed by atoms with Crippen LogP contribution in [0.15, 0.2) is 40.8 Å². The maximum absolute atomic E-state index is 13.1. The molecular formula is C24H27ClN2O4. The monoisotopic (exact) mass is 442 g/mol. The number of amides is 1. The van der Waals surface area contributed by atoms with E-state index in [1.165, 1.54) is 0 Å². The number of carbonyl (C=O) groups is 1. The van der Waals surface area contributed by atoms with Crippen molar-refractivity contribution in [3.63, 3.8) is 0 Å². The van der Waals surface area contributed by atoms with E-state index in [9.17, 15) is 4.79 Å². The van der Waals surface area contributed by atoms with Crippen molar-refractivity contribution in [2.45, 2.75) is 39.0 Å². The minimum absolute atomic E-state index is 0.0547. The highest BCUT2D eigenvalue weighted by Gasteiger charge is 2.28. The summed E-state index contributed by atoms with van der Waals surface area (Å²) in [6.45, 7) is 6.19. The summed E-state index contributed by atoms with van der Waals surface area (Å²) in [5, 5.41) is 0.393. The number of hydrogen-bond acceptors (Lipinski definition) is 5. The number of nitrogens with zero attached hydrogens (tertiary/aromatic N) is 2. The highest BCUT2D eigenvalue weighted by molar-refractivity contribution is 6.32. The summed E-state index contributed by atoms with van der Waals surface area (Å²) in [6.07, 6.45) is 2.47. The zero-order chi connectivity index (χ0) is 21.8. The number of benzene rings is 2. The lowest BCUT2D eigenvalue weighted by atomic mass is 9.96. The van der Waals surface area contributed by atoms with Crippen LogP contribution in [0, 0.1) is 0 Å². The van der Waals surface area contributed by atoms with Crippen LogP contribution < -0.4 is 9.47 Å². The van der Waals surface area contributed by atoms with Crippen molar-refractivity contribution in [2.75, 3.05) is 26.3 Å². The molecule has 6 nitrogen and oxygen atoms in total. The Hall–Kier alpha value is -2.73. The molecule has 0 radical (unpaired) electrons. The Morgan fingerprint density at radius 1 is 1.19 bits per heavy atom. The van der Waals surface area contributed by atoms with E-state index in [2.05, 4.69) is 4.98 Å². The van der Waals surface area contributed by atoms with Crippen LogP contribution in [0.5, 0.6) is 11.5 Å². The lowest BCUT2D eigenvalue weighted by molar-refractivity contribution is 0.0706. The lowest BCUT2D eigenvalue weighted by Gasteiger charge is -2.31. The second kappa shape index (κ2) is 9.60. The molecule has 1 aliphatic heterocycles. The summed E-state index contributed by atoms with van der Waals surface area (Å²) < 4.78 is 17.4. The number of piperidine rings is 1. The van der Waals surface area contributed by atoms with Crippen LogP contribution in [0.25, 0.3) is 11.1 Å². The van der Waals surface area contributed by atoms with Gasteiger partial charge in [0.25, 0.3) is 5.91 Å². The highest BCUT2D eigenvalue weighted by Crippen LogP contribution is 2.38. The van der Waals surface area contributed by atoms with E-state index in [4.69, 9.17) is 25.5 Å². The van der Waals surface area contributed by atoms with Crippen molar-refractivity contribution in [3.05, 3.63) is 52.9 Å². The SMILES string of the molecule is CCCOc1c(Cl)cc(C(=O)N2CCC(c3nc4ccccc4o3)CC2)cc1OCC. The van der Waals surface area contributed by atoms with Gasteiger partial charge in [-0.15, -0.1) is 0 Å². The van der Waals surface area contributed by atoms with Gasteiger partial charge in [-0.2, -0.15) is 0 Å².